The normalized spacial score (nSPS) is 29.2. The van der Waals surface area contributed by atoms with Gasteiger partial charge in [0.2, 0.25) is 0 Å². The van der Waals surface area contributed by atoms with E-state index in [9.17, 15) is 0 Å². The van der Waals surface area contributed by atoms with E-state index >= 15 is 0 Å². The summed E-state index contributed by atoms with van der Waals surface area (Å²) in [5, 5.41) is 3.87. The molecule has 19 heavy (non-hydrogen) atoms. The third kappa shape index (κ3) is 3.02. The summed E-state index contributed by atoms with van der Waals surface area (Å²) >= 11 is 0. The molecule has 0 aromatic heterocycles. The smallest absolute Gasteiger partial charge is 0.00813 e. The highest BCUT2D eigenvalue weighted by molar-refractivity contribution is 5.27. The van der Waals surface area contributed by atoms with E-state index in [0.29, 0.717) is 0 Å². The quantitative estimate of drug-likeness (QED) is 0.842. The first-order valence-corrected chi connectivity index (χ1v) is 8.05. The highest BCUT2D eigenvalue weighted by atomic mass is 15.0. The third-order valence-corrected chi connectivity index (χ3v) is 5.26. The zero-order valence-corrected chi connectivity index (χ0v) is 12.4. The van der Waals surface area contributed by atoms with Crippen LogP contribution in [0.15, 0.2) is 24.3 Å². The summed E-state index contributed by atoms with van der Waals surface area (Å²) in [6.45, 7) is 4.59. The minimum Gasteiger partial charge on any atom is -0.311 e. The van der Waals surface area contributed by atoms with E-state index in [-0.39, 0.29) is 0 Å². The van der Waals surface area contributed by atoms with Crippen molar-refractivity contribution in [1.82, 2.24) is 5.32 Å². The molecule has 1 nitrogen and oxygen atoms in total. The van der Waals surface area contributed by atoms with Gasteiger partial charge in [0, 0.05) is 12.1 Å². The molecule has 3 rings (SSSR count). The molecule has 0 spiro atoms. The van der Waals surface area contributed by atoms with Crippen LogP contribution in [0.3, 0.4) is 0 Å². The van der Waals surface area contributed by atoms with Gasteiger partial charge in [-0.2, -0.15) is 0 Å². The van der Waals surface area contributed by atoms with E-state index in [1.54, 1.807) is 5.56 Å². The minimum atomic E-state index is 0.728. The maximum Gasteiger partial charge on any atom is 0.00813 e. The van der Waals surface area contributed by atoms with Gasteiger partial charge >= 0.3 is 0 Å². The van der Waals surface area contributed by atoms with Gasteiger partial charge in [-0.15, -0.1) is 0 Å². The van der Waals surface area contributed by atoms with Crippen LogP contribution < -0.4 is 5.32 Å². The molecule has 2 aliphatic carbocycles. The van der Waals surface area contributed by atoms with E-state index in [2.05, 4.69) is 43.4 Å². The molecule has 0 unspecified atom stereocenters. The largest absolute Gasteiger partial charge is 0.311 e. The molecule has 0 radical (unpaired) electrons. The van der Waals surface area contributed by atoms with E-state index in [0.717, 1.165) is 23.9 Å². The maximum atomic E-state index is 3.87. The SMILES string of the molecule is Cc1cccc(C2CC(N[C@H](C)C3CCCC3)C2)c1. The number of benzene rings is 1. The second-order valence-electron chi connectivity index (χ2n) is 6.78. The molecule has 1 N–H and O–H groups in total. The van der Waals surface area contributed by atoms with Crippen molar-refractivity contribution in [2.45, 2.75) is 70.4 Å². The fraction of sp³-hybridized carbons (Fsp3) is 0.667. The second kappa shape index (κ2) is 5.66. The Morgan fingerprint density at radius 1 is 1.16 bits per heavy atom. The van der Waals surface area contributed by atoms with Crippen molar-refractivity contribution in [2.75, 3.05) is 0 Å². The van der Waals surface area contributed by atoms with Crippen molar-refractivity contribution in [3.05, 3.63) is 35.4 Å². The zero-order valence-electron chi connectivity index (χ0n) is 12.4. The van der Waals surface area contributed by atoms with Crippen LogP contribution in [0.5, 0.6) is 0 Å². The van der Waals surface area contributed by atoms with Crippen molar-refractivity contribution < 1.29 is 0 Å². The molecule has 0 heterocycles. The highest BCUT2D eigenvalue weighted by Gasteiger charge is 2.32. The Bertz CT molecular complexity index is 413. The number of aryl methyl sites for hydroxylation is 1. The van der Waals surface area contributed by atoms with Crippen LogP contribution in [0.25, 0.3) is 0 Å². The lowest BCUT2D eigenvalue weighted by Crippen LogP contribution is -2.46. The summed E-state index contributed by atoms with van der Waals surface area (Å²) in [4.78, 5) is 0. The monoisotopic (exact) mass is 257 g/mol. The molecule has 2 fully saturated rings. The Morgan fingerprint density at radius 3 is 2.58 bits per heavy atom. The molecular weight excluding hydrogens is 230 g/mol. The number of hydrogen-bond donors (Lipinski definition) is 1. The average Bonchev–Trinajstić information content (AvgIpc) is 2.86. The molecule has 0 bridgehead atoms. The van der Waals surface area contributed by atoms with E-state index in [1.807, 2.05) is 0 Å². The summed E-state index contributed by atoms with van der Waals surface area (Å²) < 4.78 is 0. The molecule has 104 valence electrons. The second-order valence-corrected chi connectivity index (χ2v) is 6.78. The predicted octanol–water partition coefficient (Wildman–Crippen LogP) is 4.41. The number of hydrogen-bond acceptors (Lipinski definition) is 1. The van der Waals surface area contributed by atoms with Crippen LogP contribution in [0, 0.1) is 12.8 Å². The lowest BCUT2D eigenvalue weighted by molar-refractivity contribution is 0.239. The van der Waals surface area contributed by atoms with Gasteiger partial charge in [0.1, 0.15) is 0 Å². The van der Waals surface area contributed by atoms with Crippen molar-refractivity contribution in [2.24, 2.45) is 5.92 Å². The van der Waals surface area contributed by atoms with Crippen molar-refractivity contribution in [3.63, 3.8) is 0 Å². The van der Waals surface area contributed by atoms with Crippen LogP contribution in [0.1, 0.15) is 62.5 Å². The van der Waals surface area contributed by atoms with Gasteiger partial charge in [-0.25, -0.2) is 0 Å². The Morgan fingerprint density at radius 2 is 1.89 bits per heavy atom. The van der Waals surface area contributed by atoms with Crippen LogP contribution in [-0.4, -0.2) is 12.1 Å². The van der Waals surface area contributed by atoms with E-state index in [1.165, 1.54) is 44.1 Å². The van der Waals surface area contributed by atoms with Gasteiger partial charge in [0.15, 0.2) is 0 Å². The summed E-state index contributed by atoms with van der Waals surface area (Å²) in [6, 6.07) is 10.6. The Labute approximate surface area is 117 Å². The fourth-order valence-electron chi connectivity index (χ4n) is 3.92. The Kier molecular flexibility index (Phi) is 3.93. The summed E-state index contributed by atoms with van der Waals surface area (Å²) in [7, 11) is 0. The lowest BCUT2D eigenvalue weighted by atomic mass is 9.75. The Balaban J connectivity index is 1.47. The van der Waals surface area contributed by atoms with E-state index < -0.39 is 0 Å². The third-order valence-electron chi connectivity index (χ3n) is 5.26. The standard InChI is InChI=1S/C18H27N/c1-13-6-5-9-16(10-13)17-11-18(12-17)19-14(2)15-7-3-4-8-15/h5-6,9-10,14-15,17-19H,3-4,7-8,11-12H2,1-2H3/t14-,17?,18?/m1/s1. The van der Waals surface area contributed by atoms with E-state index in [4.69, 9.17) is 0 Å². The predicted molar refractivity (Wildman–Crippen MR) is 81.5 cm³/mol. The van der Waals surface area contributed by atoms with Crippen LogP contribution in [0.4, 0.5) is 0 Å². The van der Waals surface area contributed by atoms with Gasteiger partial charge in [-0.3, -0.25) is 0 Å². The van der Waals surface area contributed by atoms with Crippen molar-refractivity contribution >= 4 is 0 Å². The van der Waals surface area contributed by atoms with Crippen molar-refractivity contribution in [1.29, 1.82) is 0 Å². The summed E-state index contributed by atoms with van der Waals surface area (Å²) in [5.41, 5.74) is 2.94. The average molecular weight is 257 g/mol. The maximum absolute atomic E-state index is 3.87. The molecule has 1 aromatic rings. The molecule has 0 amide bonds. The fourth-order valence-corrected chi connectivity index (χ4v) is 3.92. The molecule has 2 saturated carbocycles. The molecule has 1 heteroatoms. The lowest BCUT2D eigenvalue weighted by Gasteiger charge is -2.39. The molecule has 0 aliphatic heterocycles. The van der Waals surface area contributed by atoms with Gasteiger partial charge in [-0.05, 0) is 56.9 Å². The first kappa shape index (κ1) is 13.2. The molecule has 2 aliphatic rings. The minimum absolute atomic E-state index is 0.728. The number of nitrogens with one attached hydrogen (secondary N) is 1. The molecular formula is C18H27N. The van der Waals surface area contributed by atoms with Gasteiger partial charge < -0.3 is 5.32 Å². The van der Waals surface area contributed by atoms with Crippen LogP contribution in [0.2, 0.25) is 0 Å². The molecule has 1 atom stereocenters. The molecule has 0 saturated heterocycles. The van der Waals surface area contributed by atoms with Crippen LogP contribution >= 0.6 is 0 Å². The van der Waals surface area contributed by atoms with Crippen molar-refractivity contribution in [3.8, 4) is 0 Å². The first-order valence-electron chi connectivity index (χ1n) is 8.05. The van der Waals surface area contributed by atoms with Gasteiger partial charge in [-0.1, -0.05) is 42.7 Å². The van der Waals surface area contributed by atoms with Gasteiger partial charge in [0.25, 0.3) is 0 Å². The topological polar surface area (TPSA) is 12.0 Å². The highest BCUT2D eigenvalue weighted by Crippen LogP contribution is 2.38. The summed E-state index contributed by atoms with van der Waals surface area (Å²) in [6.07, 6.45) is 8.46. The summed E-state index contributed by atoms with van der Waals surface area (Å²) in [5.74, 6) is 1.74. The Hall–Kier alpha value is -0.820. The van der Waals surface area contributed by atoms with Gasteiger partial charge in [0.05, 0.1) is 0 Å². The first-order chi connectivity index (χ1) is 9.22. The molecule has 1 aromatic carbocycles. The number of rotatable bonds is 4. The van der Waals surface area contributed by atoms with Crippen LogP contribution in [-0.2, 0) is 0 Å². The zero-order chi connectivity index (χ0) is 13.2.